The van der Waals surface area contributed by atoms with Gasteiger partial charge in [-0.3, -0.25) is 4.79 Å². The minimum Gasteiger partial charge on any atom is -0.478 e. The van der Waals surface area contributed by atoms with Crippen LogP contribution in [-0.2, 0) is 4.79 Å². The van der Waals surface area contributed by atoms with Gasteiger partial charge in [-0.25, -0.2) is 9.18 Å². The van der Waals surface area contributed by atoms with Gasteiger partial charge in [0.15, 0.2) is 0 Å². The first kappa shape index (κ1) is 14.2. The number of benzene rings is 1. The maximum Gasteiger partial charge on any atom is 0.328 e. The first-order valence-corrected chi connectivity index (χ1v) is 6.46. The van der Waals surface area contributed by atoms with Crippen LogP contribution < -0.4 is 5.32 Å². The molecule has 2 unspecified atom stereocenters. The van der Waals surface area contributed by atoms with Crippen molar-refractivity contribution in [2.45, 2.75) is 13.3 Å². The standard InChI is InChI=1S/C15H16FNO3/c1-9-6-11(9)8-17-15(20)12-7-10(2-4-13(12)16)3-5-14(18)19/h2-5,7,9,11H,6,8H2,1H3,(H,17,20)(H,18,19)/b5-3+. The predicted molar refractivity (Wildman–Crippen MR) is 72.7 cm³/mol. The summed E-state index contributed by atoms with van der Waals surface area (Å²) in [5.74, 6) is -1.07. The van der Waals surface area contributed by atoms with Gasteiger partial charge >= 0.3 is 5.97 Å². The lowest BCUT2D eigenvalue weighted by Gasteiger charge is -2.06. The van der Waals surface area contributed by atoms with Crippen LogP contribution in [0.25, 0.3) is 6.08 Å². The number of carboxylic acid groups (broad SMARTS) is 1. The third-order valence-corrected chi connectivity index (χ3v) is 3.45. The van der Waals surface area contributed by atoms with E-state index in [4.69, 9.17) is 5.11 Å². The highest BCUT2D eigenvalue weighted by molar-refractivity contribution is 5.95. The van der Waals surface area contributed by atoms with E-state index in [0.717, 1.165) is 18.6 Å². The summed E-state index contributed by atoms with van der Waals surface area (Å²) in [4.78, 5) is 22.3. The number of aliphatic carboxylic acids is 1. The van der Waals surface area contributed by atoms with Crippen molar-refractivity contribution in [1.29, 1.82) is 0 Å². The average molecular weight is 277 g/mol. The van der Waals surface area contributed by atoms with Crippen molar-refractivity contribution in [2.75, 3.05) is 6.54 Å². The lowest BCUT2D eigenvalue weighted by Crippen LogP contribution is -2.26. The second kappa shape index (κ2) is 5.86. The quantitative estimate of drug-likeness (QED) is 0.812. The molecule has 0 bridgehead atoms. The molecule has 0 radical (unpaired) electrons. The molecule has 4 nitrogen and oxygen atoms in total. The Kier molecular flexibility index (Phi) is 4.17. The summed E-state index contributed by atoms with van der Waals surface area (Å²) < 4.78 is 13.6. The Morgan fingerprint density at radius 2 is 2.20 bits per heavy atom. The van der Waals surface area contributed by atoms with E-state index in [1.165, 1.54) is 18.2 Å². The molecule has 20 heavy (non-hydrogen) atoms. The molecule has 0 heterocycles. The summed E-state index contributed by atoms with van der Waals surface area (Å²) in [6, 6.07) is 3.94. The van der Waals surface area contributed by atoms with Gasteiger partial charge in [0, 0.05) is 12.6 Å². The molecule has 1 fully saturated rings. The van der Waals surface area contributed by atoms with Gasteiger partial charge in [-0.1, -0.05) is 13.0 Å². The van der Waals surface area contributed by atoms with E-state index in [0.29, 0.717) is 23.9 Å². The highest BCUT2D eigenvalue weighted by atomic mass is 19.1. The fourth-order valence-corrected chi connectivity index (χ4v) is 1.99. The van der Waals surface area contributed by atoms with Crippen LogP contribution >= 0.6 is 0 Å². The van der Waals surface area contributed by atoms with Crippen LogP contribution in [0.3, 0.4) is 0 Å². The second-order valence-electron chi connectivity index (χ2n) is 5.09. The maximum absolute atomic E-state index is 13.6. The molecule has 0 saturated heterocycles. The number of hydrogen-bond acceptors (Lipinski definition) is 2. The molecule has 2 atom stereocenters. The Balaban J connectivity index is 2.06. The first-order chi connectivity index (χ1) is 9.47. The highest BCUT2D eigenvalue weighted by Gasteiger charge is 2.32. The van der Waals surface area contributed by atoms with Gasteiger partial charge < -0.3 is 10.4 Å². The Morgan fingerprint density at radius 1 is 1.50 bits per heavy atom. The summed E-state index contributed by atoms with van der Waals surface area (Å²) in [5, 5.41) is 11.2. The molecule has 0 aromatic heterocycles. The molecule has 1 amide bonds. The number of carbonyl (C=O) groups excluding carboxylic acids is 1. The molecule has 2 N–H and O–H groups in total. The zero-order valence-corrected chi connectivity index (χ0v) is 11.1. The molecule has 1 aliphatic carbocycles. The maximum atomic E-state index is 13.6. The lowest BCUT2D eigenvalue weighted by molar-refractivity contribution is -0.131. The zero-order valence-electron chi connectivity index (χ0n) is 11.1. The Bertz CT molecular complexity index is 568. The molecule has 5 heteroatoms. The van der Waals surface area contributed by atoms with Crippen molar-refractivity contribution >= 4 is 18.0 Å². The van der Waals surface area contributed by atoms with Gasteiger partial charge in [-0.05, 0) is 42.0 Å². The molecular weight excluding hydrogens is 261 g/mol. The van der Waals surface area contributed by atoms with Crippen molar-refractivity contribution in [3.8, 4) is 0 Å². The summed E-state index contributed by atoms with van der Waals surface area (Å²) in [6.07, 6.45) is 3.35. The van der Waals surface area contributed by atoms with E-state index in [1.54, 1.807) is 0 Å². The van der Waals surface area contributed by atoms with Crippen LogP contribution in [0.2, 0.25) is 0 Å². The number of carboxylic acids is 1. The Morgan fingerprint density at radius 3 is 2.80 bits per heavy atom. The van der Waals surface area contributed by atoms with Gasteiger partial charge in [0.25, 0.3) is 5.91 Å². The third kappa shape index (κ3) is 3.66. The highest BCUT2D eigenvalue weighted by Crippen LogP contribution is 2.36. The number of amides is 1. The topological polar surface area (TPSA) is 66.4 Å². The van der Waals surface area contributed by atoms with Crippen molar-refractivity contribution < 1.29 is 19.1 Å². The number of hydrogen-bond donors (Lipinski definition) is 2. The van der Waals surface area contributed by atoms with Crippen molar-refractivity contribution in [2.24, 2.45) is 11.8 Å². The van der Waals surface area contributed by atoms with Crippen LogP contribution in [0, 0.1) is 17.7 Å². The molecular formula is C15H16FNO3. The van der Waals surface area contributed by atoms with E-state index in [9.17, 15) is 14.0 Å². The van der Waals surface area contributed by atoms with Crippen LogP contribution in [0.4, 0.5) is 4.39 Å². The van der Waals surface area contributed by atoms with E-state index in [1.807, 2.05) is 0 Å². The fourth-order valence-electron chi connectivity index (χ4n) is 1.99. The van der Waals surface area contributed by atoms with E-state index < -0.39 is 17.7 Å². The fraction of sp³-hybridized carbons (Fsp3) is 0.333. The molecule has 1 aliphatic rings. The van der Waals surface area contributed by atoms with E-state index in [-0.39, 0.29) is 5.56 Å². The minimum absolute atomic E-state index is 0.0640. The first-order valence-electron chi connectivity index (χ1n) is 6.46. The third-order valence-electron chi connectivity index (χ3n) is 3.45. The summed E-state index contributed by atoms with van der Waals surface area (Å²) in [6.45, 7) is 2.66. The minimum atomic E-state index is -1.09. The summed E-state index contributed by atoms with van der Waals surface area (Å²) in [7, 11) is 0. The smallest absolute Gasteiger partial charge is 0.328 e. The Labute approximate surface area is 116 Å². The SMILES string of the molecule is CC1CC1CNC(=O)c1cc(/C=C/C(=O)O)ccc1F. The number of nitrogens with one attached hydrogen (secondary N) is 1. The normalized spacial score (nSPS) is 20.9. The molecule has 106 valence electrons. The molecule has 1 aromatic carbocycles. The van der Waals surface area contributed by atoms with Crippen molar-refractivity contribution in [3.63, 3.8) is 0 Å². The van der Waals surface area contributed by atoms with E-state index in [2.05, 4.69) is 12.2 Å². The van der Waals surface area contributed by atoms with Gasteiger partial charge in [-0.15, -0.1) is 0 Å². The van der Waals surface area contributed by atoms with Crippen LogP contribution in [-0.4, -0.2) is 23.5 Å². The predicted octanol–water partition coefficient (Wildman–Crippen LogP) is 2.31. The zero-order chi connectivity index (χ0) is 14.7. The van der Waals surface area contributed by atoms with E-state index >= 15 is 0 Å². The number of halogens is 1. The number of rotatable bonds is 5. The second-order valence-corrected chi connectivity index (χ2v) is 5.09. The van der Waals surface area contributed by atoms with Gasteiger partial charge in [0.2, 0.25) is 0 Å². The molecule has 2 rings (SSSR count). The molecule has 1 saturated carbocycles. The van der Waals surface area contributed by atoms with Crippen LogP contribution in [0.1, 0.15) is 29.3 Å². The van der Waals surface area contributed by atoms with Gasteiger partial charge in [0.05, 0.1) is 5.56 Å². The number of carbonyl (C=O) groups is 2. The lowest BCUT2D eigenvalue weighted by atomic mass is 10.1. The summed E-state index contributed by atoms with van der Waals surface area (Å²) >= 11 is 0. The van der Waals surface area contributed by atoms with Gasteiger partial charge in [-0.2, -0.15) is 0 Å². The largest absolute Gasteiger partial charge is 0.478 e. The Hall–Kier alpha value is -2.17. The molecule has 1 aromatic rings. The van der Waals surface area contributed by atoms with Crippen LogP contribution in [0.15, 0.2) is 24.3 Å². The molecule has 0 aliphatic heterocycles. The average Bonchev–Trinajstić information content (AvgIpc) is 3.11. The monoisotopic (exact) mass is 277 g/mol. The van der Waals surface area contributed by atoms with Crippen molar-refractivity contribution in [3.05, 3.63) is 41.2 Å². The molecule has 0 spiro atoms. The van der Waals surface area contributed by atoms with Crippen molar-refractivity contribution in [1.82, 2.24) is 5.32 Å². The van der Waals surface area contributed by atoms with Crippen LogP contribution in [0.5, 0.6) is 0 Å². The van der Waals surface area contributed by atoms with Gasteiger partial charge in [0.1, 0.15) is 5.82 Å². The summed E-state index contributed by atoms with van der Waals surface area (Å²) in [5.41, 5.74) is 0.407.